The van der Waals surface area contributed by atoms with Gasteiger partial charge in [-0.3, -0.25) is 14.4 Å². The van der Waals surface area contributed by atoms with Crippen LogP contribution in [-0.4, -0.2) is 47.3 Å². The molecule has 4 rings (SSSR count). The molecule has 2 aliphatic rings. The summed E-state index contributed by atoms with van der Waals surface area (Å²) in [5.74, 6) is -1.36. The lowest BCUT2D eigenvalue weighted by Crippen LogP contribution is -2.32. The van der Waals surface area contributed by atoms with Crippen molar-refractivity contribution >= 4 is 34.8 Å². The second kappa shape index (κ2) is 6.35. The third-order valence-corrected chi connectivity index (χ3v) is 4.57. The van der Waals surface area contributed by atoms with Gasteiger partial charge < -0.3 is 20.3 Å². The van der Waals surface area contributed by atoms with Gasteiger partial charge in [-0.2, -0.15) is 0 Å². The second-order valence-electron chi connectivity index (χ2n) is 6.23. The highest BCUT2D eigenvalue weighted by atomic mass is 16.5. The minimum Gasteiger partial charge on any atom is -0.475 e. The summed E-state index contributed by atoms with van der Waals surface area (Å²) in [6, 6.07) is 4.96. The van der Waals surface area contributed by atoms with E-state index in [-0.39, 0.29) is 30.4 Å². The Kier molecular flexibility index (Phi) is 3.98. The first-order valence-corrected chi connectivity index (χ1v) is 8.58. The highest BCUT2D eigenvalue weighted by Gasteiger charge is 2.36. The Labute approximate surface area is 154 Å². The number of nitrogens with zero attached hydrogens (tertiary/aromatic N) is 4. The van der Waals surface area contributed by atoms with Gasteiger partial charge in [-0.1, -0.05) is 6.92 Å². The fraction of sp³-hybridized carbons (Fsp3) is 0.278. The molecular weight excluding hydrogens is 350 g/mol. The number of hydrogen-bond acceptors (Lipinski definition) is 7. The summed E-state index contributed by atoms with van der Waals surface area (Å²) >= 11 is 0. The minimum absolute atomic E-state index is 0.0263. The molecule has 0 unspecified atom stereocenters. The topological polar surface area (TPSA) is 119 Å². The lowest BCUT2D eigenvalue weighted by atomic mass is 10.1. The molecule has 0 spiro atoms. The van der Waals surface area contributed by atoms with E-state index in [2.05, 4.69) is 9.97 Å². The van der Waals surface area contributed by atoms with Crippen LogP contribution in [0.3, 0.4) is 0 Å². The van der Waals surface area contributed by atoms with Crippen LogP contribution in [0.4, 0.5) is 17.2 Å². The van der Waals surface area contributed by atoms with Crippen LogP contribution in [0.2, 0.25) is 0 Å². The molecule has 9 nitrogen and oxygen atoms in total. The molecule has 0 bridgehead atoms. The van der Waals surface area contributed by atoms with Crippen LogP contribution >= 0.6 is 0 Å². The number of rotatable bonds is 3. The van der Waals surface area contributed by atoms with Gasteiger partial charge in [-0.15, -0.1) is 0 Å². The Morgan fingerprint density at radius 1 is 1.19 bits per heavy atom. The quantitative estimate of drug-likeness (QED) is 0.805. The summed E-state index contributed by atoms with van der Waals surface area (Å²) in [5.41, 5.74) is 7.27. The largest absolute Gasteiger partial charge is 0.475 e. The number of ketones is 1. The number of amides is 2. The molecular formula is C18H17N5O4. The highest BCUT2D eigenvalue weighted by molar-refractivity contribution is 6.52. The average molecular weight is 367 g/mol. The first kappa shape index (κ1) is 17.0. The monoisotopic (exact) mass is 367 g/mol. The highest BCUT2D eigenvalue weighted by Crippen LogP contribution is 2.34. The van der Waals surface area contributed by atoms with Gasteiger partial charge in [0.05, 0.1) is 17.8 Å². The zero-order valence-corrected chi connectivity index (χ0v) is 14.6. The zero-order chi connectivity index (χ0) is 19.1. The number of nitrogens with two attached hydrogens (primary N) is 1. The average Bonchev–Trinajstić information content (AvgIpc) is 2.80. The second-order valence-corrected chi connectivity index (χ2v) is 6.23. The Balaban J connectivity index is 1.75. The van der Waals surface area contributed by atoms with Gasteiger partial charge in [0.15, 0.2) is 0 Å². The first-order valence-electron chi connectivity index (χ1n) is 8.58. The van der Waals surface area contributed by atoms with Gasteiger partial charge in [-0.25, -0.2) is 9.97 Å². The van der Waals surface area contributed by atoms with Gasteiger partial charge in [-0.05, 0) is 24.6 Å². The lowest BCUT2D eigenvalue weighted by molar-refractivity contribution is -0.114. The standard InChI is InChI=1S/C18H17N5O4/c1-2-5-23-12-4-3-10(8-11(12)14(24)18(23)26)22-6-7-27-16-13(17(22)25)15(19)20-9-21-16/h3-4,8-9H,2,5-7H2,1H3,(H2,19,20,21). The molecule has 9 heteroatoms. The Bertz CT molecular complexity index is 974. The fourth-order valence-electron chi connectivity index (χ4n) is 3.31. The van der Waals surface area contributed by atoms with Gasteiger partial charge in [0.25, 0.3) is 17.6 Å². The summed E-state index contributed by atoms with van der Waals surface area (Å²) in [4.78, 5) is 48.3. The number of carbonyl (C=O) groups is 3. The van der Waals surface area contributed by atoms with Gasteiger partial charge in [0, 0.05) is 12.2 Å². The molecule has 138 valence electrons. The number of fused-ring (bicyclic) bond motifs is 2. The maximum absolute atomic E-state index is 13.0. The summed E-state index contributed by atoms with van der Waals surface area (Å²) in [6.07, 6.45) is 1.97. The predicted molar refractivity (Wildman–Crippen MR) is 97.0 cm³/mol. The summed E-state index contributed by atoms with van der Waals surface area (Å²) in [7, 11) is 0. The van der Waals surface area contributed by atoms with Crippen LogP contribution < -0.4 is 20.3 Å². The molecule has 2 amide bonds. The Hall–Kier alpha value is -3.49. The summed E-state index contributed by atoms with van der Waals surface area (Å²) in [6.45, 7) is 2.86. The van der Waals surface area contributed by atoms with Gasteiger partial charge in [0.1, 0.15) is 24.3 Å². The molecule has 2 aliphatic heterocycles. The molecule has 0 aliphatic carbocycles. The lowest BCUT2D eigenvalue weighted by Gasteiger charge is -2.21. The normalized spacial score (nSPS) is 16.1. The minimum atomic E-state index is -0.568. The van der Waals surface area contributed by atoms with Crippen molar-refractivity contribution in [1.29, 1.82) is 0 Å². The van der Waals surface area contributed by atoms with Gasteiger partial charge in [0.2, 0.25) is 5.88 Å². The molecule has 3 heterocycles. The number of carbonyl (C=O) groups excluding carboxylic acids is 3. The number of benzene rings is 1. The third kappa shape index (κ3) is 2.59. The van der Waals surface area contributed by atoms with E-state index in [1.807, 2.05) is 6.92 Å². The van der Waals surface area contributed by atoms with Gasteiger partial charge >= 0.3 is 0 Å². The molecule has 0 fully saturated rings. The number of anilines is 3. The number of nitrogen functional groups attached to an aromatic ring is 1. The molecule has 1 aromatic heterocycles. The van der Waals surface area contributed by atoms with Crippen LogP contribution in [0.1, 0.15) is 34.1 Å². The van der Waals surface area contributed by atoms with Crippen LogP contribution in [-0.2, 0) is 4.79 Å². The van der Waals surface area contributed by atoms with E-state index in [1.165, 1.54) is 16.1 Å². The SMILES string of the molecule is CCCN1C(=O)C(=O)c2cc(N3CCOc4ncnc(N)c4C3=O)ccc21. The number of hydrogen-bond donors (Lipinski definition) is 1. The van der Waals surface area contributed by atoms with Crippen molar-refractivity contribution in [2.24, 2.45) is 0 Å². The molecule has 2 N–H and O–H groups in total. The number of aromatic nitrogens is 2. The van der Waals surface area contributed by atoms with E-state index in [9.17, 15) is 14.4 Å². The van der Waals surface area contributed by atoms with E-state index in [1.54, 1.807) is 18.2 Å². The molecule has 1 aromatic carbocycles. The number of ether oxygens (including phenoxy) is 1. The summed E-state index contributed by atoms with van der Waals surface area (Å²) in [5, 5.41) is 0. The first-order chi connectivity index (χ1) is 13.0. The molecule has 0 saturated heterocycles. The van der Waals surface area contributed by atoms with Crippen molar-refractivity contribution in [1.82, 2.24) is 9.97 Å². The van der Waals surface area contributed by atoms with E-state index in [0.29, 0.717) is 23.5 Å². The van der Waals surface area contributed by atoms with Crippen molar-refractivity contribution in [3.63, 3.8) is 0 Å². The number of Topliss-reactive ketones (excluding diaryl/α,β-unsaturated/α-hetero) is 1. The van der Waals surface area contributed by atoms with E-state index >= 15 is 0 Å². The zero-order valence-electron chi connectivity index (χ0n) is 14.6. The maximum atomic E-state index is 13.0. The molecule has 0 atom stereocenters. The van der Waals surface area contributed by atoms with Crippen molar-refractivity contribution in [3.8, 4) is 5.88 Å². The molecule has 2 aromatic rings. The fourth-order valence-corrected chi connectivity index (χ4v) is 3.31. The maximum Gasteiger partial charge on any atom is 0.299 e. The molecule has 27 heavy (non-hydrogen) atoms. The van der Waals surface area contributed by atoms with Crippen molar-refractivity contribution in [2.45, 2.75) is 13.3 Å². The Morgan fingerprint density at radius 2 is 2.00 bits per heavy atom. The smallest absolute Gasteiger partial charge is 0.299 e. The van der Waals surface area contributed by atoms with Crippen LogP contribution in [0.25, 0.3) is 0 Å². The van der Waals surface area contributed by atoms with Crippen LogP contribution in [0.5, 0.6) is 5.88 Å². The molecule has 0 radical (unpaired) electrons. The Morgan fingerprint density at radius 3 is 2.78 bits per heavy atom. The van der Waals surface area contributed by atoms with Crippen LogP contribution in [0.15, 0.2) is 24.5 Å². The van der Waals surface area contributed by atoms with Crippen molar-refractivity contribution < 1.29 is 19.1 Å². The van der Waals surface area contributed by atoms with E-state index in [0.717, 1.165) is 6.42 Å². The van der Waals surface area contributed by atoms with E-state index in [4.69, 9.17) is 10.5 Å². The van der Waals surface area contributed by atoms with Crippen molar-refractivity contribution in [3.05, 3.63) is 35.7 Å². The summed E-state index contributed by atoms with van der Waals surface area (Å²) < 4.78 is 5.51. The van der Waals surface area contributed by atoms with E-state index < -0.39 is 17.6 Å². The van der Waals surface area contributed by atoms with Crippen molar-refractivity contribution in [2.75, 3.05) is 35.2 Å². The predicted octanol–water partition coefficient (Wildman–Crippen LogP) is 1.04. The third-order valence-electron chi connectivity index (χ3n) is 4.57. The molecule has 0 saturated carbocycles. The van der Waals surface area contributed by atoms with Crippen LogP contribution in [0, 0.1) is 0 Å².